The molecule has 2 rings (SSSR count). The van der Waals surface area contributed by atoms with Gasteiger partial charge in [-0.15, -0.1) is 0 Å². The summed E-state index contributed by atoms with van der Waals surface area (Å²) in [5.74, 6) is -1.04. The third-order valence-corrected chi connectivity index (χ3v) is 3.66. The number of rotatable bonds is 5. The number of carboxylic acids is 1. The molecule has 1 aromatic carbocycles. The van der Waals surface area contributed by atoms with E-state index in [9.17, 15) is 9.59 Å². The van der Waals surface area contributed by atoms with E-state index in [2.05, 4.69) is 6.07 Å². The van der Waals surface area contributed by atoms with Crippen LogP contribution in [0.3, 0.4) is 0 Å². The van der Waals surface area contributed by atoms with Crippen LogP contribution in [0.4, 0.5) is 4.79 Å². The molecule has 0 bridgehead atoms. The Labute approximate surface area is 129 Å². The van der Waals surface area contributed by atoms with Crippen LogP contribution in [0, 0.1) is 24.2 Å². The van der Waals surface area contributed by atoms with Gasteiger partial charge in [0.05, 0.1) is 18.4 Å². The Hall–Kier alpha value is -2.55. The van der Waals surface area contributed by atoms with Crippen molar-refractivity contribution in [3.8, 4) is 6.07 Å². The van der Waals surface area contributed by atoms with Crippen molar-refractivity contribution in [3.63, 3.8) is 0 Å². The highest BCUT2D eigenvalue weighted by atomic mass is 16.4. The molecule has 1 saturated heterocycles. The Balaban J connectivity index is 2.04. The van der Waals surface area contributed by atoms with E-state index in [0.29, 0.717) is 19.6 Å². The highest BCUT2D eigenvalue weighted by molar-refractivity contribution is 5.76. The Morgan fingerprint density at radius 1 is 1.45 bits per heavy atom. The van der Waals surface area contributed by atoms with Crippen LogP contribution in [-0.2, 0) is 11.3 Å². The van der Waals surface area contributed by atoms with E-state index in [-0.39, 0.29) is 24.9 Å². The van der Waals surface area contributed by atoms with Gasteiger partial charge in [0.25, 0.3) is 0 Å². The van der Waals surface area contributed by atoms with Gasteiger partial charge in [-0.1, -0.05) is 29.8 Å². The minimum Gasteiger partial charge on any atom is -0.481 e. The molecule has 0 aromatic heterocycles. The Morgan fingerprint density at radius 3 is 2.77 bits per heavy atom. The van der Waals surface area contributed by atoms with Gasteiger partial charge < -0.3 is 14.9 Å². The van der Waals surface area contributed by atoms with Gasteiger partial charge in [-0.25, -0.2) is 4.79 Å². The molecule has 1 aliphatic rings. The maximum Gasteiger partial charge on any atom is 0.320 e. The molecule has 1 aromatic rings. The number of hydrogen-bond acceptors (Lipinski definition) is 3. The zero-order chi connectivity index (χ0) is 16.1. The Kier molecular flexibility index (Phi) is 4.99. The largest absolute Gasteiger partial charge is 0.481 e. The summed E-state index contributed by atoms with van der Waals surface area (Å²) < 4.78 is 0. The SMILES string of the molecule is Cc1cccc(CN(CCC(=O)O)C(=O)N2CC(C#N)C2)c1. The van der Waals surface area contributed by atoms with Crippen molar-refractivity contribution in [2.24, 2.45) is 5.92 Å². The molecule has 1 fully saturated rings. The molecule has 2 amide bonds. The third kappa shape index (κ3) is 3.98. The van der Waals surface area contributed by atoms with E-state index >= 15 is 0 Å². The van der Waals surface area contributed by atoms with Gasteiger partial charge in [-0.05, 0) is 12.5 Å². The molecule has 1 N–H and O–H groups in total. The first-order valence-electron chi connectivity index (χ1n) is 7.20. The fraction of sp³-hybridized carbons (Fsp3) is 0.438. The maximum atomic E-state index is 12.4. The number of aliphatic carboxylic acids is 1. The molecule has 1 aliphatic heterocycles. The van der Waals surface area contributed by atoms with Crippen molar-refractivity contribution >= 4 is 12.0 Å². The summed E-state index contributed by atoms with van der Waals surface area (Å²) in [5, 5.41) is 17.6. The first kappa shape index (κ1) is 15.8. The lowest BCUT2D eigenvalue weighted by Crippen LogP contribution is -2.54. The highest BCUT2D eigenvalue weighted by Crippen LogP contribution is 2.18. The van der Waals surface area contributed by atoms with Crippen molar-refractivity contribution in [1.82, 2.24) is 9.80 Å². The summed E-state index contributed by atoms with van der Waals surface area (Å²) in [4.78, 5) is 26.4. The highest BCUT2D eigenvalue weighted by Gasteiger charge is 2.33. The van der Waals surface area contributed by atoms with E-state index in [1.54, 1.807) is 4.90 Å². The van der Waals surface area contributed by atoms with E-state index in [0.717, 1.165) is 11.1 Å². The number of urea groups is 1. The fourth-order valence-corrected chi connectivity index (χ4v) is 2.42. The van der Waals surface area contributed by atoms with E-state index in [4.69, 9.17) is 10.4 Å². The van der Waals surface area contributed by atoms with Crippen LogP contribution in [-0.4, -0.2) is 46.5 Å². The molecule has 1 heterocycles. The molecule has 0 unspecified atom stereocenters. The molecule has 0 saturated carbocycles. The number of carbonyl (C=O) groups excluding carboxylic acids is 1. The summed E-state index contributed by atoms with van der Waals surface area (Å²) in [6, 6.07) is 9.72. The number of benzene rings is 1. The number of amides is 2. The normalized spacial score (nSPS) is 14.1. The van der Waals surface area contributed by atoms with Gasteiger partial charge in [0, 0.05) is 26.2 Å². The maximum absolute atomic E-state index is 12.4. The quantitative estimate of drug-likeness (QED) is 0.899. The average molecular weight is 301 g/mol. The zero-order valence-corrected chi connectivity index (χ0v) is 12.5. The molecule has 0 atom stereocenters. The molecular formula is C16H19N3O3. The van der Waals surface area contributed by atoms with Crippen molar-refractivity contribution in [2.75, 3.05) is 19.6 Å². The van der Waals surface area contributed by atoms with E-state index in [1.165, 1.54) is 4.90 Å². The second kappa shape index (κ2) is 6.94. The first-order valence-corrected chi connectivity index (χ1v) is 7.20. The van der Waals surface area contributed by atoms with Crippen LogP contribution in [0.25, 0.3) is 0 Å². The number of carbonyl (C=O) groups is 2. The van der Waals surface area contributed by atoms with Gasteiger partial charge in [0.15, 0.2) is 0 Å². The predicted molar refractivity (Wildman–Crippen MR) is 79.9 cm³/mol. The second-order valence-electron chi connectivity index (χ2n) is 5.57. The molecule has 6 heteroatoms. The van der Waals surface area contributed by atoms with Gasteiger partial charge in [-0.2, -0.15) is 5.26 Å². The van der Waals surface area contributed by atoms with Gasteiger partial charge in [0.1, 0.15) is 0 Å². The number of hydrogen-bond donors (Lipinski definition) is 1. The van der Waals surface area contributed by atoms with Crippen LogP contribution < -0.4 is 0 Å². The average Bonchev–Trinajstić information content (AvgIpc) is 2.42. The molecule has 0 aliphatic carbocycles. The van der Waals surface area contributed by atoms with Crippen LogP contribution in [0.15, 0.2) is 24.3 Å². The number of nitrogens with zero attached hydrogens (tertiary/aromatic N) is 3. The van der Waals surface area contributed by atoms with E-state index < -0.39 is 5.97 Å². The first-order chi connectivity index (χ1) is 10.5. The molecule has 22 heavy (non-hydrogen) atoms. The molecule has 0 radical (unpaired) electrons. The van der Waals surface area contributed by atoms with Crippen molar-refractivity contribution in [2.45, 2.75) is 19.9 Å². The minimum absolute atomic E-state index is 0.0902. The predicted octanol–water partition coefficient (Wildman–Crippen LogP) is 1.85. The molecule has 0 spiro atoms. The van der Waals surface area contributed by atoms with Crippen molar-refractivity contribution in [3.05, 3.63) is 35.4 Å². The molecule has 116 valence electrons. The molecule has 6 nitrogen and oxygen atoms in total. The van der Waals surface area contributed by atoms with Gasteiger partial charge in [-0.3, -0.25) is 4.79 Å². The standard InChI is InChI=1S/C16H19N3O3/c1-12-3-2-4-13(7-12)9-18(6-5-15(20)21)16(22)19-10-14(8-17)11-19/h2-4,7,14H,5-6,9-11H2,1H3,(H,20,21). The lowest BCUT2D eigenvalue weighted by Gasteiger charge is -2.39. The minimum atomic E-state index is -0.930. The van der Waals surface area contributed by atoms with Crippen LogP contribution in [0.1, 0.15) is 17.5 Å². The van der Waals surface area contributed by atoms with Crippen LogP contribution >= 0.6 is 0 Å². The summed E-state index contributed by atoms with van der Waals surface area (Å²) >= 11 is 0. The van der Waals surface area contributed by atoms with Crippen LogP contribution in [0.5, 0.6) is 0 Å². The topological polar surface area (TPSA) is 84.6 Å². The number of nitriles is 1. The number of carboxylic acid groups (broad SMARTS) is 1. The Bertz CT molecular complexity index is 603. The lowest BCUT2D eigenvalue weighted by atomic mass is 10.0. The number of likely N-dealkylation sites (tertiary alicyclic amines) is 1. The van der Waals surface area contributed by atoms with Crippen molar-refractivity contribution in [1.29, 1.82) is 5.26 Å². The third-order valence-electron chi connectivity index (χ3n) is 3.66. The van der Waals surface area contributed by atoms with Crippen LogP contribution in [0.2, 0.25) is 0 Å². The lowest BCUT2D eigenvalue weighted by molar-refractivity contribution is -0.137. The fourth-order valence-electron chi connectivity index (χ4n) is 2.42. The smallest absolute Gasteiger partial charge is 0.320 e. The Morgan fingerprint density at radius 2 is 2.18 bits per heavy atom. The summed E-state index contributed by atoms with van der Waals surface area (Å²) in [7, 11) is 0. The second-order valence-corrected chi connectivity index (χ2v) is 5.57. The zero-order valence-electron chi connectivity index (χ0n) is 12.5. The monoisotopic (exact) mass is 301 g/mol. The van der Waals surface area contributed by atoms with Gasteiger partial charge >= 0.3 is 12.0 Å². The summed E-state index contributed by atoms with van der Waals surface area (Å²) in [6.45, 7) is 3.36. The summed E-state index contributed by atoms with van der Waals surface area (Å²) in [6.07, 6.45) is -0.0902. The van der Waals surface area contributed by atoms with Gasteiger partial charge in [0.2, 0.25) is 0 Å². The number of aryl methyl sites for hydroxylation is 1. The molecular weight excluding hydrogens is 282 g/mol. The van der Waals surface area contributed by atoms with E-state index in [1.807, 2.05) is 31.2 Å². The van der Waals surface area contributed by atoms with Crippen molar-refractivity contribution < 1.29 is 14.7 Å². The summed E-state index contributed by atoms with van der Waals surface area (Å²) in [5.41, 5.74) is 2.06.